The number of carbonyl (C=O) groups is 1. The van der Waals surface area contributed by atoms with Gasteiger partial charge < -0.3 is 28.9 Å². The van der Waals surface area contributed by atoms with E-state index in [-0.39, 0.29) is 25.0 Å². The third-order valence-corrected chi connectivity index (χ3v) is 16.0. The predicted octanol–water partition coefficient (Wildman–Crippen LogP) is 8.53. The number of fused-ring (bicyclic) bond motifs is 2. The molecule has 3 aromatic rings. The SMILES string of the molecule is C=C(/C=C\C(=C/C)N[C@H]1CCN(C(=O)OC(C)(C)C)C1)[C@@H]1c2cc3c(cc2C[C@@H](C)N1CC(F)(F)CO[Si](c1ccccc1)(c1ccccc1)C(C)(C)C)OCO3. The van der Waals surface area contributed by atoms with Crippen molar-refractivity contribution in [3.05, 3.63) is 120 Å². The molecule has 1 amide bonds. The van der Waals surface area contributed by atoms with Crippen molar-refractivity contribution < 1.29 is 32.2 Å². The molecule has 0 bridgehead atoms. The highest BCUT2D eigenvalue weighted by molar-refractivity contribution is 6.99. The fraction of sp³-hybridized carbons (Fsp3) is 0.457. The van der Waals surface area contributed by atoms with Crippen LogP contribution >= 0.6 is 0 Å². The normalized spacial score (nSPS) is 20.5. The van der Waals surface area contributed by atoms with Crippen LogP contribution in [0.4, 0.5) is 13.6 Å². The molecule has 6 rings (SSSR count). The Bertz CT molecular complexity index is 1920. The van der Waals surface area contributed by atoms with Crippen LogP contribution in [-0.4, -0.2) is 80.9 Å². The first kappa shape index (κ1) is 42.2. The van der Waals surface area contributed by atoms with Crippen LogP contribution in [0.15, 0.2) is 109 Å². The van der Waals surface area contributed by atoms with E-state index >= 15 is 8.78 Å². The molecule has 0 spiro atoms. The highest BCUT2D eigenvalue weighted by Crippen LogP contribution is 2.45. The number of ether oxygens (including phenoxy) is 3. The standard InChI is InChI=1S/C46H59F2N3O5Si/c1-10-35(49-36-23-24-50(28-36)43(52)56-44(4,5)6)22-21-32(2)42-39-27-41-40(53-31-54-41)26-34(39)25-33(3)51(42)29-46(47,48)30-55-57(45(7,8)9,37-17-13-11-14-18-37)38-19-15-12-16-20-38/h10-22,26-27,33,36,42,49H,2,23-25,28-31H2,1,3-9H3/b22-21-,35-10+/t33-,36+,42-/m1/s1. The summed E-state index contributed by atoms with van der Waals surface area (Å²) in [5.41, 5.74) is 2.83. The third kappa shape index (κ3) is 9.48. The van der Waals surface area contributed by atoms with Crippen LogP contribution in [0, 0.1) is 0 Å². The zero-order valence-corrected chi connectivity index (χ0v) is 35.7. The number of benzene rings is 3. The Morgan fingerprint density at radius 3 is 2.16 bits per heavy atom. The lowest BCUT2D eigenvalue weighted by Gasteiger charge is -2.46. The first-order valence-corrected chi connectivity index (χ1v) is 21.9. The Labute approximate surface area is 338 Å². The molecule has 3 atom stereocenters. The van der Waals surface area contributed by atoms with E-state index in [1.807, 2.05) is 131 Å². The van der Waals surface area contributed by atoms with E-state index in [0.717, 1.165) is 33.6 Å². The Morgan fingerprint density at radius 2 is 1.58 bits per heavy atom. The predicted molar refractivity (Wildman–Crippen MR) is 225 cm³/mol. The average molecular weight is 800 g/mol. The zero-order valence-electron chi connectivity index (χ0n) is 34.7. The fourth-order valence-corrected chi connectivity index (χ4v) is 13.0. The highest BCUT2D eigenvalue weighted by atomic mass is 28.4. The molecule has 0 unspecified atom stereocenters. The maximum absolute atomic E-state index is 16.8. The Morgan fingerprint density at radius 1 is 0.965 bits per heavy atom. The van der Waals surface area contributed by atoms with Gasteiger partial charge in [0.2, 0.25) is 6.79 Å². The summed E-state index contributed by atoms with van der Waals surface area (Å²) in [6.45, 7) is 20.2. The van der Waals surface area contributed by atoms with Gasteiger partial charge in [0.05, 0.1) is 19.2 Å². The van der Waals surface area contributed by atoms with Gasteiger partial charge in [-0.1, -0.05) is 100 Å². The second kappa shape index (κ2) is 16.8. The number of carbonyl (C=O) groups excluding carboxylic acids is 1. The van der Waals surface area contributed by atoms with Gasteiger partial charge in [-0.2, -0.15) is 0 Å². The molecule has 3 aliphatic rings. The lowest BCUT2D eigenvalue weighted by molar-refractivity contribution is -0.0819. The van der Waals surface area contributed by atoms with Gasteiger partial charge in [0.15, 0.2) is 11.5 Å². The summed E-state index contributed by atoms with van der Waals surface area (Å²) < 4.78 is 57.6. The summed E-state index contributed by atoms with van der Waals surface area (Å²) in [4.78, 5) is 16.3. The molecule has 3 heterocycles. The number of hydrogen-bond donors (Lipinski definition) is 1. The van der Waals surface area contributed by atoms with Gasteiger partial charge in [-0.05, 0) is 97.8 Å². The summed E-state index contributed by atoms with van der Waals surface area (Å²) in [6, 6.07) is 22.9. The molecule has 57 heavy (non-hydrogen) atoms. The van der Waals surface area contributed by atoms with E-state index in [4.69, 9.17) is 18.6 Å². The molecular formula is C46H59F2N3O5Si. The van der Waals surface area contributed by atoms with Crippen LogP contribution in [-0.2, 0) is 15.6 Å². The molecule has 1 N–H and O–H groups in total. The minimum absolute atomic E-state index is 0.0301. The van der Waals surface area contributed by atoms with Crippen molar-refractivity contribution >= 4 is 24.8 Å². The van der Waals surface area contributed by atoms with Crippen molar-refractivity contribution in [1.29, 1.82) is 0 Å². The minimum Gasteiger partial charge on any atom is -0.454 e. The first-order valence-electron chi connectivity index (χ1n) is 20.0. The maximum atomic E-state index is 16.8. The number of allylic oxidation sites excluding steroid dienone is 2. The second-order valence-electron chi connectivity index (χ2n) is 17.5. The smallest absolute Gasteiger partial charge is 0.410 e. The molecular weight excluding hydrogens is 741 g/mol. The van der Waals surface area contributed by atoms with Crippen LogP contribution < -0.4 is 25.2 Å². The summed E-state index contributed by atoms with van der Waals surface area (Å²) >= 11 is 0. The van der Waals surface area contributed by atoms with Crippen LogP contribution in [0.1, 0.15) is 79.0 Å². The van der Waals surface area contributed by atoms with E-state index < -0.39 is 44.1 Å². The van der Waals surface area contributed by atoms with Gasteiger partial charge in [0, 0.05) is 30.9 Å². The maximum Gasteiger partial charge on any atom is 0.410 e. The van der Waals surface area contributed by atoms with Crippen molar-refractivity contribution in [1.82, 2.24) is 15.1 Å². The lowest BCUT2D eigenvalue weighted by Crippen LogP contribution is -2.67. The van der Waals surface area contributed by atoms with Crippen molar-refractivity contribution in [2.75, 3.05) is 33.0 Å². The quantitative estimate of drug-likeness (QED) is 0.146. The number of nitrogens with zero attached hydrogens (tertiary/aromatic N) is 2. The van der Waals surface area contributed by atoms with E-state index in [1.54, 1.807) is 4.90 Å². The van der Waals surface area contributed by atoms with E-state index in [2.05, 4.69) is 32.7 Å². The lowest BCUT2D eigenvalue weighted by atomic mass is 9.84. The number of amides is 1. The molecule has 3 aliphatic heterocycles. The molecule has 8 nitrogen and oxygen atoms in total. The molecule has 0 aliphatic carbocycles. The molecule has 1 fully saturated rings. The summed E-state index contributed by atoms with van der Waals surface area (Å²) in [6.07, 6.45) is 6.81. The summed E-state index contributed by atoms with van der Waals surface area (Å²) in [5.74, 6) is -1.95. The van der Waals surface area contributed by atoms with Gasteiger partial charge in [-0.25, -0.2) is 13.6 Å². The monoisotopic (exact) mass is 799 g/mol. The number of alkyl halides is 2. The molecule has 0 saturated carbocycles. The molecule has 3 aromatic carbocycles. The highest BCUT2D eigenvalue weighted by Gasteiger charge is 2.52. The first-order chi connectivity index (χ1) is 26.9. The molecule has 0 aromatic heterocycles. The Balaban J connectivity index is 1.26. The fourth-order valence-electron chi connectivity index (χ4n) is 8.37. The van der Waals surface area contributed by atoms with Gasteiger partial charge in [0.25, 0.3) is 14.2 Å². The molecule has 11 heteroatoms. The van der Waals surface area contributed by atoms with E-state index in [0.29, 0.717) is 36.6 Å². The van der Waals surface area contributed by atoms with Crippen LogP contribution in [0.3, 0.4) is 0 Å². The van der Waals surface area contributed by atoms with Gasteiger partial charge in [0.1, 0.15) is 5.60 Å². The molecule has 1 saturated heterocycles. The molecule has 0 radical (unpaired) electrons. The van der Waals surface area contributed by atoms with E-state index in [9.17, 15) is 4.79 Å². The number of halogens is 2. The number of rotatable bonds is 12. The zero-order chi connectivity index (χ0) is 41.2. The largest absolute Gasteiger partial charge is 0.454 e. The number of hydrogen-bond acceptors (Lipinski definition) is 7. The van der Waals surface area contributed by atoms with Gasteiger partial charge >= 0.3 is 6.09 Å². The van der Waals surface area contributed by atoms with Crippen molar-refractivity contribution in [3.63, 3.8) is 0 Å². The Hall–Kier alpha value is -4.45. The van der Waals surface area contributed by atoms with E-state index in [1.165, 1.54) is 0 Å². The van der Waals surface area contributed by atoms with Crippen molar-refractivity contribution in [3.8, 4) is 11.5 Å². The third-order valence-electron chi connectivity index (χ3n) is 11.0. The average Bonchev–Trinajstić information content (AvgIpc) is 3.82. The number of nitrogens with one attached hydrogen (secondary N) is 1. The second-order valence-corrected chi connectivity index (χ2v) is 21.9. The van der Waals surface area contributed by atoms with Crippen LogP contribution in [0.2, 0.25) is 5.04 Å². The summed E-state index contributed by atoms with van der Waals surface area (Å²) in [5, 5.41) is 5.02. The van der Waals surface area contributed by atoms with Crippen molar-refractivity contribution in [2.45, 2.75) is 103 Å². The van der Waals surface area contributed by atoms with Crippen LogP contribution in [0.25, 0.3) is 0 Å². The van der Waals surface area contributed by atoms with Gasteiger partial charge in [-0.15, -0.1) is 0 Å². The topological polar surface area (TPSA) is 72.5 Å². The number of likely N-dealkylation sites (tertiary alicyclic amines) is 1. The van der Waals surface area contributed by atoms with Crippen molar-refractivity contribution in [2.24, 2.45) is 0 Å². The van der Waals surface area contributed by atoms with Crippen LogP contribution in [0.5, 0.6) is 11.5 Å². The molecule has 306 valence electrons. The van der Waals surface area contributed by atoms with Gasteiger partial charge in [-0.3, -0.25) is 4.90 Å². The Kier molecular flexibility index (Phi) is 12.4. The minimum atomic E-state index is -3.22. The summed E-state index contributed by atoms with van der Waals surface area (Å²) in [7, 11) is -3.22.